The van der Waals surface area contributed by atoms with Gasteiger partial charge in [0.2, 0.25) is 0 Å². The van der Waals surface area contributed by atoms with Gasteiger partial charge in [0.1, 0.15) is 51.8 Å². The normalized spacial score (nSPS) is 10.9. The summed E-state index contributed by atoms with van der Waals surface area (Å²) < 4.78 is 222. The van der Waals surface area contributed by atoms with Crippen LogP contribution in [-0.2, 0) is 72.3 Å². The van der Waals surface area contributed by atoms with Gasteiger partial charge in [0.15, 0.2) is 17.1 Å². The molecule has 90 heavy (non-hydrogen) atoms. The topological polar surface area (TPSA) is 634 Å². The van der Waals surface area contributed by atoms with Crippen molar-refractivity contribution in [2.75, 3.05) is 5.73 Å². The van der Waals surface area contributed by atoms with Crippen LogP contribution in [0.1, 0.15) is 0 Å². The molecule has 0 aliphatic carbocycles. The molecule has 0 aliphatic rings. The van der Waals surface area contributed by atoms with Gasteiger partial charge >= 0.3 is 239 Å². The molecule has 0 atom stereocenters. The van der Waals surface area contributed by atoms with Crippen LogP contribution >= 0.6 is 0 Å². The van der Waals surface area contributed by atoms with Crippen LogP contribution in [0.4, 0.5) is 62.6 Å². The van der Waals surface area contributed by atoms with E-state index < -0.39 is 175 Å². The number of nitro benzene ring substituents is 2. The molecule has 7 aromatic carbocycles. The van der Waals surface area contributed by atoms with Crippen LogP contribution in [0, 0.1) is 38.4 Å². The molecule has 0 aromatic heterocycles. The third-order valence-electron chi connectivity index (χ3n) is 9.44. The average molecular weight is 1450 g/mol. The maximum atomic E-state index is 12.7. The van der Waals surface area contributed by atoms with Gasteiger partial charge in [0, 0.05) is 33.5 Å². The predicted molar refractivity (Wildman–Crippen MR) is 262 cm³/mol. The summed E-state index contributed by atoms with van der Waals surface area (Å²) in [5.41, 5.74) is -1.21. The zero-order valence-electron chi connectivity index (χ0n) is 46.1. The van der Waals surface area contributed by atoms with E-state index in [1.807, 2.05) is 0 Å². The number of hydrogen-bond acceptors (Lipinski definition) is 36. The van der Waals surface area contributed by atoms with Crippen LogP contribution < -0.4 is 213 Å². The first kappa shape index (κ1) is 93.6. The Kier molecular flexibility index (Phi) is 42.1. The molecule has 4 N–H and O–H groups in total. The maximum absolute atomic E-state index is 12.7. The molecule has 38 nitrogen and oxygen atoms in total. The first-order valence-corrected chi connectivity index (χ1v) is 28.6. The summed E-state index contributed by atoms with van der Waals surface area (Å²) in [7, 11) is -31.3. The third kappa shape index (κ3) is 26.8. The standard InChI is InChI=1S/C38H22N11O18S4.7Na.3O3S/c39-35-27(17-31(70(62,63)64)20-16-32(71(65,66)67)36(38(51)34(20)35)47-42-23-11-9-18(68(56,57)58)15-29(23)49(54)55)46-44-25-14-13-21(40-43-24-6-2-4-8-30(24)69(59,60)61)19-10-12-26(37(50)33(19)25)45-41-22-5-1-3-7-28(22)48(52)53;;;;;;;;3*1-4(2)3/h3-11,13-17,50-51H,39H2,(H,56,57,58)(H,59,60,61)(H,62,63,64)(H,65,66,67);;;;;;;;;;/q-3;7*+1;;;/p-4. The van der Waals surface area contributed by atoms with E-state index in [-0.39, 0.29) is 241 Å². The Labute approximate surface area is 663 Å². The Balaban J connectivity index is -0.00000179. The van der Waals surface area contributed by atoms with Crippen molar-refractivity contribution < 1.29 is 317 Å². The number of anilines is 1. The molecule has 0 radical (unpaired) electrons. The Morgan fingerprint density at radius 2 is 0.867 bits per heavy atom. The van der Waals surface area contributed by atoms with E-state index >= 15 is 0 Å². The van der Waals surface area contributed by atoms with E-state index in [9.17, 15) is 82.3 Å². The van der Waals surface area contributed by atoms with Gasteiger partial charge in [0.05, 0.1) is 42.1 Å². The summed E-state index contributed by atoms with van der Waals surface area (Å²) in [6.07, 6.45) is 0. The van der Waals surface area contributed by atoms with Gasteiger partial charge in [-0.1, -0.05) is 16.8 Å². The molecular formula is C38H18N11Na7O27S7. The van der Waals surface area contributed by atoms with E-state index in [0.29, 0.717) is 18.2 Å². The second kappa shape index (κ2) is 40.5. The van der Waals surface area contributed by atoms with Crippen molar-refractivity contribution in [1.29, 1.82) is 0 Å². The Hall–Kier alpha value is -2.84. The van der Waals surface area contributed by atoms with Crippen molar-refractivity contribution in [3.8, 4) is 11.5 Å². The minimum absolute atomic E-state index is 0. The van der Waals surface area contributed by atoms with Gasteiger partial charge in [-0.3, -0.25) is 20.2 Å². The molecule has 436 valence electrons. The van der Waals surface area contributed by atoms with Gasteiger partial charge in [-0.15, -0.1) is 65.4 Å². The number of hydrogen-bond donors (Lipinski definition) is 3. The second-order valence-corrected chi connectivity index (χ2v) is 21.0. The van der Waals surface area contributed by atoms with Crippen LogP contribution in [-0.4, -0.2) is 110 Å². The number of phenols is 2. The van der Waals surface area contributed by atoms with Crippen molar-refractivity contribution in [2.24, 2.45) is 40.9 Å². The smallest absolute Gasteiger partial charge is 0.746 e. The quantitative estimate of drug-likeness (QED) is 0.0173. The SMILES string of the molecule is Nc1c(N=Nc2ccc(N=Nc3c[c-]ccc3S(=O)(=O)[O-])c3c[c-]c(N=Nc4c[c-]ccc4[N+](=O)[O-])c(O)c23)cc(S(=O)(=O)[O-])c2cc(S(=O)(=O)[O-])c(N=Nc3ccc(S(=O)(=O)[O-])cc3[N+](=O)[O-])c(O)c12.O=S(=O)=O.O=S(=O)=O.O=S(=O)=O.[Na+].[Na+].[Na+].[Na+].[Na+].[Na+].[Na+]. The molecule has 0 unspecified atom stereocenters. The fraction of sp³-hybridized carbons (Fsp3) is 0. The van der Waals surface area contributed by atoms with E-state index in [2.05, 4.69) is 59.1 Å². The van der Waals surface area contributed by atoms with E-state index in [1.54, 1.807) is 0 Å². The average Bonchev–Trinajstić information content (AvgIpc) is 0.752. The Morgan fingerprint density at radius 3 is 1.37 bits per heavy atom. The van der Waals surface area contributed by atoms with Gasteiger partial charge in [-0.2, -0.15) is 57.8 Å². The molecule has 7 aromatic rings. The van der Waals surface area contributed by atoms with Crippen molar-refractivity contribution in [3.05, 3.63) is 123 Å². The predicted octanol–water partition coefficient (Wildman–Crippen LogP) is -16.5. The molecule has 52 heteroatoms. The second-order valence-electron chi connectivity index (χ2n) is 14.4. The van der Waals surface area contributed by atoms with Crippen LogP contribution in [0.3, 0.4) is 0 Å². The summed E-state index contributed by atoms with van der Waals surface area (Å²) in [6.45, 7) is 0. The number of azo groups is 4. The van der Waals surface area contributed by atoms with Gasteiger partial charge in [0.25, 0.3) is 5.69 Å². The van der Waals surface area contributed by atoms with Crippen molar-refractivity contribution >= 4 is 156 Å². The van der Waals surface area contributed by atoms with E-state index in [1.165, 1.54) is 6.07 Å². The van der Waals surface area contributed by atoms with Crippen LogP contribution in [0.15, 0.2) is 145 Å². The minimum Gasteiger partial charge on any atom is -0.746 e. The van der Waals surface area contributed by atoms with Crippen molar-refractivity contribution in [2.45, 2.75) is 19.6 Å². The first-order chi connectivity index (χ1) is 38.4. The number of nitrogens with zero attached hydrogens (tertiary/aromatic N) is 10. The number of rotatable bonds is 14. The molecule has 0 bridgehead atoms. The van der Waals surface area contributed by atoms with Crippen LogP contribution in [0.25, 0.3) is 21.5 Å². The number of benzene rings is 7. The summed E-state index contributed by atoms with van der Waals surface area (Å²) in [5, 5.41) is 74.1. The molecule has 0 saturated carbocycles. The zero-order valence-corrected chi connectivity index (χ0v) is 65.8. The van der Waals surface area contributed by atoms with Crippen molar-refractivity contribution in [3.63, 3.8) is 0 Å². The number of phenolic OH excluding ortho intramolecular Hbond substituents is 2. The Bertz CT molecular complexity index is 4770. The van der Waals surface area contributed by atoms with Gasteiger partial charge < -0.3 is 34.2 Å². The summed E-state index contributed by atoms with van der Waals surface area (Å²) in [6, 6.07) is 19.6. The molecule has 0 spiro atoms. The van der Waals surface area contributed by atoms with Gasteiger partial charge in [-0.25, -0.2) is 43.9 Å². The van der Waals surface area contributed by atoms with Crippen molar-refractivity contribution in [1.82, 2.24) is 0 Å². The summed E-state index contributed by atoms with van der Waals surface area (Å²) in [4.78, 5) is 16.5. The zero-order chi connectivity index (χ0) is 62.7. The minimum atomic E-state index is -5.85. The molecule has 7 rings (SSSR count). The molecule has 0 amide bonds. The number of aromatic hydroxyl groups is 2. The van der Waals surface area contributed by atoms with Gasteiger partial charge in [-0.05, 0) is 47.0 Å². The maximum Gasteiger partial charge on any atom is 1.00 e. The monoisotopic (exact) mass is 1440 g/mol. The summed E-state index contributed by atoms with van der Waals surface area (Å²) >= 11 is 0. The third-order valence-corrected chi connectivity index (χ3v) is 12.9. The van der Waals surface area contributed by atoms with E-state index in [0.717, 1.165) is 48.5 Å². The molecular weight excluding hydrogens is 1430 g/mol. The molecule has 0 aliphatic heterocycles. The number of nitrogens with two attached hydrogens (primary N) is 1. The molecule has 0 fully saturated rings. The Morgan fingerprint density at radius 1 is 0.433 bits per heavy atom. The summed E-state index contributed by atoms with van der Waals surface area (Å²) in [5.74, 6) is -2.35. The molecule has 0 heterocycles. The van der Waals surface area contributed by atoms with Crippen LogP contribution in [0.2, 0.25) is 0 Å². The number of nitro groups is 2. The largest absolute Gasteiger partial charge is 1.00 e. The fourth-order valence-corrected chi connectivity index (χ4v) is 8.71. The fourth-order valence-electron chi connectivity index (χ4n) is 6.31. The number of fused-ring (bicyclic) bond motifs is 2. The number of nitrogen functional groups attached to an aromatic ring is 1. The van der Waals surface area contributed by atoms with E-state index in [4.69, 9.17) is 43.6 Å². The first-order valence-electron chi connectivity index (χ1n) is 19.9. The van der Waals surface area contributed by atoms with Crippen LogP contribution in [0.5, 0.6) is 11.5 Å². The molecule has 0 saturated heterocycles.